The summed E-state index contributed by atoms with van der Waals surface area (Å²) in [4.78, 5) is 18.0. The zero-order valence-corrected chi connectivity index (χ0v) is 14.7. The first kappa shape index (κ1) is 18.2. The molecular weight excluding hydrogens is 307 g/mol. The normalized spacial score (nSPS) is 16.2. The monoisotopic (exact) mass is 334 g/mol. The number of hydrogen-bond donors (Lipinski definition) is 2. The molecule has 5 nitrogen and oxygen atoms in total. The van der Waals surface area contributed by atoms with Gasteiger partial charge >= 0.3 is 0 Å². The van der Waals surface area contributed by atoms with Crippen LogP contribution in [0.15, 0.2) is 23.2 Å². The van der Waals surface area contributed by atoms with E-state index in [0.717, 1.165) is 37.5 Å². The van der Waals surface area contributed by atoms with Crippen molar-refractivity contribution in [3.05, 3.63) is 35.1 Å². The van der Waals surface area contributed by atoms with Crippen LogP contribution in [0.1, 0.15) is 30.4 Å². The first-order valence-corrected chi connectivity index (χ1v) is 8.44. The van der Waals surface area contributed by atoms with Crippen LogP contribution in [0.3, 0.4) is 0 Å². The molecule has 1 aromatic rings. The maximum atomic E-state index is 13.3. The number of piperidine rings is 1. The van der Waals surface area contributed by atoms with Crippen molar-refractivity contribution < 1.29 is 9.18 Å². The van der Waals surface area contributed by atoms with Crippen LogP contribution >= 0.6 is 0 Å². The number of likely N-dealkylation sites (tertiary alicyclic amines) is 1. The van der Waals surface area contributed by atoms with E-state index in [9.17, 15) is 9.18 Å². The molecule has 2 rings (SSSR count). The molecule has 6 heteroatoms. The quantitative estimate of drug-likeness (QED) is 0.655. The Morgan fingerprint density at radius 1 is 1.38 bits per heavy atom. The topological polar surface area (TPSA) is 56.7 Å². The predicted octanol–water partition coefficient (Wildman–Crippen LogP) is 2.06. The van der Waals surface area contributed by atoms with Crippen molar-refractivity contribution in [2.24, 2.45) is 10.9 Å². The van der Waals surface area contributed by atoms with E-state index in [2.05, 4.69) is 20.5 Å². The lowest BCUT2D eigenvalue weighted by atomic mass is 9.93. The van der Waals surface area contributed by atoms with Crippen LogP contribution in [0.5, 0.6) is 0 Å². The Morgan fingerprint density at radius 3 is 2.67 bits per heavy atom. The Hall–Kier alpha value is -2.11. The maximum absolute atomic E-state index is 13.3. The van der Waals surface area contributed by atoms with Crippen LogP contribution in [0, 0.1) is 18.7 Å². The molecule has 0 radical (unpaired) electrons. The van der Waals surface area contributed by atoms with Crippen LogP contribution < -0.4 is 10.6 Å². The number of amides is 1. The van der Waals surface area contributed by atoms with Gasteiger partial charge in [0.15, 0.2) is 5.96 Å². The van der Waals surface area contributed by atoms with Crippen molar-refractivity contribution in [2.45, 2.75) is 32.7 Å². The standard InChI is InChI=1S/C18H27FN4O/c1-13-10-15(4-5-16(13)19)12-22-18(21-3)23-8-6-14(7-9-23)11-17(24)20-2/h4-5,10,14H,6-9,11-12H2,1-3H3,(H,20,24)(H,21,22). The largest absolute Gasteiger partial charge is 0.359 e. The molecule has 132 valence electrons. The molecule has 0 saturated carbocycles. The summed E-state index contributed by atoms with van der Waals surface area (Å²) in [7, 11) is 3.45. The van der Waals surface area contributed by atoms with Crippen molar-refractivity contribution in [1.29, 1.82) is 0 Å². The number of aryl methyl sites for hydroxylation is 1. The third-order valence-corrected chi connectivity index (χ3v) is 4.55. The second-order valence-electron chi connectivity index (χ2n) is 6.29. The van der Waals surface area contributed by atoms with Crippen LogP contribution in [-0.2, 0) is 11.3 Å². The summed E-state index contributed by atoms with van der Waals surface area (Å²) in [6.07, 6.45) is 2.58. The smallest absolute Gasteiger partial charge is 0.220 e. The SMILES string of the molecule is CN=C(NCc1ccc(F)c(C)c1)N1CCC(CC(=O)NC)CC1. The highest BCUT2D eigenvalue weighted by Crippen LogP contribution is 2.20. The number of halogens is 1. The van der Waals surface area contributed by atoms with Crippen molar-refractivity contribution in [3.8, 4) is 0 Å². The molecule has 1 heterocycles. The minimum Gasteiger partial charge on any atom is -0.359 e. The van der Waals surface area contributed by atoms with Gasteiger partial charge < -0.3 is 15.5 Å². The van der Waals surface area contributed by atoms with Crippen molar-refractivity contribution in [2.75, 3.05) is 27.2 Å². The van der Waals surface area contributed by atoms with Gasteiger partial charge in [-0.15, -0.1) is 0 Å². The van der Waals surface area contributed by atoms with Crippen LogP contribution in [0.4, 0.5) is 4.39 Å². The molecule has 0 aromatic heterocycles. The molecule has 2 N–H and O–H groups in total. The van der Waals surface area contributed by atoms with E-state index < -0.39 is 0 Å². The first-order chi connectivity index (χ1) is 11.5. The molecule has 1 aliphatic rings. The van der Waals surface area contributed by atoms with Gasteiger partial charge in [0, 0.05) is 40.2 Å². The van der Waals surface area contributed by atoms with Gasteiger partial charge in [0.25, 0.3) is 0 Å². The van der Waals surface area contributed by atoms with Gasteiger partial charge in [-0.3, -0.25) is 9.79 Å². The predicted molar refractivity (Wildman–Crippen MR) is 94.3 cm³/mol. The summed E-state index contributed by atoms with van der Waals surface area (Å²) in [5.74, 6) is 1.23. The number of nitrogens with one attached hydrogen (secondary N) is 2. The lowest BCUT2D eigenvalue weighted by Gasteiger charge is -2.34. The fourth-order valence-corrected chi connectivity index (χ4v) is 3.04. The third kappa shape index (κ3) is 4.94. The van der Waals surface area contributed by atoms with E-state index >= 15 is 0 Å². The Labute approximate surface area is 143 Å². The molecular formula is C18H27FN4O. The van der Waals surface area contributed by atoms with Gasteiger partial charge in [0.1, 0.15) is 5.82 Å². The van der Waals surface area contributed by atoms with E-state index in [4.69, 9.17) is 0 Å². The molecule has 0 bridgehead atoms. The van der Waals surface area contributed by atoms with E-state index in [1.165, 1.54) is 6.07 Å². The average molecular weight is 334 g/mol. The van der Waals surface area contributed by atoms with Gasteiger partial charge in [-0.25, -0.2) is 4.39 Å². The summed E-state index contributed by atoms with van der Waals surface area (Å²) in [6, 6.07) is 5.14. The Kier molecular flexibility index (Phi) is 6.58. The minimum absolute atomic E-state index is 0.114. The first-order valence-electron chi connectivity index (χ1n) is 8.44. The maximum Gasteiger partial charge on any atom is 0.220 e. The Bertz CT molecular complexity index is 595. The fourth-order valence-electron chi connectivity index (χ4n) is 3.04. The number of hydrogen-bond acceptors (Lipinski definition) is 2. The average Bonchev–Trinajstić information content (AvgIpc) is 2.59. The van der Waals surface area contributed by atoms with Gasteiger partial charge in [-0.2, -0.15) is 0 Å². The number of carbonyl (C=O) groups is 1. The summed E-state index contributed by atoms with van der Waals surface area (Å²) < 4.78 is 13.3. The summed E-state index contributed by atoms with van der Waals surface area (Å²) in [5.41, 5.74) is 1.68. The molecule has 0 atom stereocenters. The second-order valence-corrected chi connectivity index (χ2v) is 6.29. The molecule has 1 aromatic carbocycles. The van der Waals surface area contributed by atoms with Crippen LogP contribution in [0.2, 0.25) is 0 Å². The summed E-state index contributed by atoms with van der Waals surface area (Å²) in [5, 5.41) is 6.03. The van der Waals surface area contributed by atoms with E-state index in [-0.39, 0.29) is 11.7 Å². The van der Waals surface area contributed by atoms with Gasteiger partial charge in [0.05, 0.1) is 0 Å². The van der Waals surface area contributed by atoms with E-state index in [1.807, 2.05) is 6.07 Å². The van der Waals surface area contributed by atoms with Crippen molar-refractivity contribution in [3.63, 3.8) is 0 Å². The molecule has 1 fully saturated rings. The van der Waals surface area contributed by atoms with Gasteiger partial charge in [-0.05, 0) is 42.9 Å². The van der Waals surface area contributed by atoms with Crippen LogP contribution in [-0.4, -0.2) is 44.0 Å². The fraction of sp³-hybridized carbons (Fsp3) is 0.556. The Morgan fingerprint density at radius 2 is 2.08 bits per heavy atom. The number of guanidine groups is 1. The lowest BCUT2D eigenvalue weighted by Crippen LogP contribution is -2.45. The Balaban J connectivity index is 1.84. The molecule has 0 spiro atoms. The van der Waals surface area contributed by atoms with E-state index in [0.29, 0.717) is 24.4 Å². The molecule has 0 aliphatic carbocycles. The van der Waals surface area contributed by atoms with Crippen molar-refractivity contribution >= 4 is 11.9 Å². The third-order valence-electron chi connectivity index (χ3n) is 4.55. The molecule has 1 amide bonds. The second kappa shape index (κ2) is 8.66. The lowest BCUT2D eigenvalue weighted by molar-refractivity contribution is -0.121. The zero-order chi connectivity index (χ0) is 17.5. The zero-order valence-electron chi connectivity index (χ0n) is 14.7. The summed E-state index contributed by atoms with van der Waals surface area (Å²) >= 11 is 0. The van der Waals surface area contributed by atoms with E-state index in [1.54, 1.807) is 27.1 Å². The highest BCUT2D eigenvalue weighted by atomic mass is 19.1. The van der Waals surface area contributed by atoms with Gasteiger partial charge in [0.2, 0.25) is 5.91 Å². The van der Waals surface area contributed by atoms with Crippen molar-refractivity contribution in [1.82, 2.24) is 15.5 Å². The minimum atomic E-state index is -0.179. The number of carbonyl (C=O) groups excluding carboxylic acids is 1. The molecule has 0 unspecified atom stereocenters. The number of benzene rings is 1. The highest BCUT2D eigenvalue weighted by molar-refractivity contribution is 5.80. The molecule has 1 saturated heterocycles. The molecule has 1 aliphatic heterocycles. The highest BCUT2D eigenvalue weighted by Gasteiger charge is 2.22. The van der Waals surface area contributed by atoms with Gasteiger partial charge in [-0.1, -0.05) is 12.1 Å². The number of rotatable bonds is 4. The number of aliphatic imine (C=N–C) groups is 1. The molecule has 24 heavy (non-hydrogen) atoms. The number of nitrogens with zero attached hydrogens (tertiary/aromatic N) is 2. The summed E-state index contributed by atoms with van der Waals surface area (Å²) in [6.45, 7) is 4.17. The van der Waals surface area contributed by atoms with Crippen LogP contribution in [0.25, 0.3) is 0 Å².